The van der Waals surface area contributed by atoms with Crippen LogP contribution in [0.15, 0.2) is 29.6 Å². The molecule has 84 valence electrons. The lowest BCUT2D eigenvalue weighted by atomic mass is 10.1. The molecule has 1 atom stereocenters. The zero-order valence-electron chi connectivity index (χ0n) is 8.51. The molecular weight excluding hydrogens is 311 g/mol. The fourth-order valence-corrected chi connectivity index (χ4v) is 3.56. The number of halogens is 3. The Hall–Kier alpha value is -0.380. The van der Waals surface area contributed by atoms with Gasteiger partial charge in [0.15, 0.2) is 0 Å². The maximum absolute atomic E-state index is 13.4. The molecule has 2 rings (SSSR count). The standard InChI is InChI=1S/C12H9BrClFS/c1-7-2-3-8(6-10(7)15)11(13)12-9(14)4-5-16-12/h2-6,11H,1H3. The van der Waals surface area contributed by atoms with Crippen LogP contribution >= 0.6 is 38.9 Å². The van der Waals surface area contributed by atoms with Gasteiger partial charge < -0.3 is 0 Å². The Labute approximate surface area is 111 Å². The predicted molar refractivity (Wildman–Crippen MR) is 71.2 cm³/mol. The van der Waals surface area contributed by atoms with E-state index in [1.54, 1.807) is 30.4 Å². The van der Waals surface area contributed by atoms with E-state index in [4.69, 9.17) is 11.6 Å². The monoisotopic (exact) mass is 318 g/mol. The topological polar surface area (TPSA) is 0 Å². The van der Waals surface area contributed by atoms with Crippen LogP contribution < -0.4 is 0 Å². The number of hydrogen-bond donors (Lipinski definition) is 0. The van der Waals surface area contributed by atoms with Gasteiger partial charge in [-0.05, 0) is 35.6 Å². The molecule has 4 heteroatoms. The minimum atomic E-state index is -0.186. The third-order valence-corrected chi connectivity index (χ3v) is 5.08. The van der Waals surface area contributed by atoms with Gasteiger partial charge in [-0.2, -0.15) is 0 Å². The van der Waals surface area contributed by atoms with Crippen LogP contribution in [0.3, 0.4) is 0 Å². The van der Waals surface area contributed by atoms with Gasteiger partial charge >= 0.3 is 0 Å². The summed E-state index contributed by atoms with van der Waals surface area (Å²) in [5.41, 5.74) is 1.54. The maximum Gasteiger partial charge on any atom is 0.126 e. The lowest BCUT2D eigenvalue weighted by Gasteiger charge is -2.09. The normalized spacial score (nSPS) is 12.8. The molecule has 0 saturated heterocycles. The van der Waals surface area contributed by atoms with Crippen LogP contribution in [0.4, 0.5) is 4.39 Å². The van der Waals surface area contributed by atoms with Crippen molar-refractivity contribution in [3.8, 4) is 0 Å². The highest BCUT2D eigenvalue weighted by atomic mass is 79.9. The van der Waals surface area contributed by atoms with Gasteiger partial charge in [-0.1, -0.05) is 39.7 Å². The molecule has 0 amide bonds. The van der Waals surface area contributed by atoms with E-state index >= 15 is 0 Å². The number of aryl methyl sites for hydroxylation is 1. The molecular formula is C12H9BrClFS. The van der Waals surface area contributed by atoms with Crippen molar-refractivity contribution in [1.82, 2.24) is 0 Å². The van der Waals surface area contributed by atoms with Gasteiger partial charge in [0.1, 0.15) is 5.82 Å². The highest BCUT2D eigenvalue weighted by molar-refractivity contribution is 9.09. The molecule has 0 aliphatic rings. The van der Waals surface area contributed by atoms with Crippen LogP contribution in [-0.4, -0.2) is 0 Å². The first-order chi connectivity index (χ1) is 7.59. The quantitative estimate of drug-likeness (QED) is 0.656. The summed E-state index contributed by atoms with van der Waals surface area (Å²) in [6, 6.07) is 7.08. The van der Waals surface area contributed by atoms with Crippen LogP contribution in [0.5, 0.6) is 0 Å². The molecule has 2 aromatic rings. The molecule has 0 N–H and O–H groups in total. The maximum atomic E-state index is 13.4. The van der Waals surface area contributed by atoms with Crippen LogP contribution in [-0.2, 0) is 0 Å². The Morgan fingerprint density at radius 3 is 2.69 bits per heavy atom. The molecule has 0 aliphatic carbocycles. The van der Waals surface area contributed by atoms with E-state index in [2.05, 4.69) is 15.9 Å². The second-order valence-electron chi connectivity index (χ2n) is 3.50. The average molecular weight is 320 g/mol. The molecule has 1 aromatic heterocycles. The Morgan fingerprint density at radius 1 is 1.38 bits per heavy atom. The number of thiophene rings is 1. The van der Waals surface area contributed by atoms with E-state index in [0.29, 0.717) is 10.6 Å². The molecule has 1 unspecified atom stereocenters. The van der Waals surface area contributed by atoms with Crippen molar-refractivity contribution in [2.45, 2.75) is 11.8 Å². The summed E-state index contributed by atoms with van der Waals surface area (Å²) < 4.78 is 13.4. The Bertz CT molecular complexity index is 509. The van der Waals surface area contributed by atoms with E-state index in [9.17, 15) is 4.39 Å². The third kappa shape index (κ3) is 2.31. The molecule has 0 radical (unpaired) electrons. The largest absolute Gasteiger partial charge is 0.207 e. The van der Waals surface area contributed by atoms with E-state index < -0.39 is 0 Å². The summed E-state index contributed by atoms with van der Waals surface area (Å²) >= 11 is 11.1. The second-order valence-corrected chi connectivity index (χ2v) is 5.77. The van der Waals surface area contributed by atoms with Crippen molar-refractivity contribution in [3.05, 3.63) is 56.5 Å². The average Bonchev–Trinajstić information content (AvgIpc) is 2.67. The van der Waals surface area contributed by atoms with Gasteiger partial charge in [-0.25, -0.2) is 4.39 Å². The predicted octanol–water partition coefficient (Wildman–Crippen LogP) is 5.33. The van der Waals surface area contributed by atoms with Crippen molar-refractivity contribution in [3.63, 3.8) is 0 Å². The number of hydrogen-bond acceptors (Lipinski definition) is 1. The molecule has 0 spiro atoms. The van der Waals surface area contributed by atoms with E-state index in [0.717, 1.165) is 10.4 Å². The SMILES string of the molecule is Cc1ccc(C(Br)c2sccc2Cl)cc1F. The van der Waals surface area contributed by atoms with E-state index in [1.807, 2.05) is 17.5 Å². The summed E-state index contributed by atoms with van der Waals surface area (Å²) in [5, 5.41) is 2.64. The third-order valence-electron chi connectivity index (χ3n) is 2.36. The van der Waals surface area contributed by atoms with Crippen molar-refractivity contribution >= 4 is 38.9 Å². The van der Waals surface area contributed by atoms with Crippen molar-refractivity contribution in [2.24, 2.45) is 0 Å². The molecule has 16 heavy (non-hydrogen) atoms. The van der Waals surface area contributed by atoms with E-state index in [1.165, 1.54) is 0 Å². The van der Waals surface area contributed by atoms with Gasteiger partial charge in [0.05, 0.1) is 9.85 Å². The van der Waals surface area contributed by atoms with Crippen LogP contribution in [0, 0.1) is 12.7 Å². The highest BCUT2D eigenvalue weighted by Crippen LogP contribution is 2.38. The van der Waals surface area contributed by atoms with Crippen LogP contribution in [0.25, 0.3) is 0 Å². The van der Waals surface area contributed by atoms with Crippen molar-refractivity contribution in [1.29, 1.82) is 0 Å². The first-order valence-corrected chi connectivity index (χ1v) is 6.90. The Morgan fingerprint density at radius 2 is 2.12 bits per heavy atom. The lowest BCUT2D eigenvalue weighted by Crippen LogP contribution is -1.93. The van der Waals surface area contributed by atoms with Crippen molar-refractivity contribution in [2.75, 3.05) is 0 Å². The van der Waals surface area contributed by atoms with Gasteiger partial charge in [0.25, 0.3) is 0 Å². The first kappa shape index (κ1) is 12.1. The smallest absolute Gasteiger partial charge is 0.126 e. The van der Waals surface area contributed by atoms with E-state index in [-0.39, 0.29) is 10.6 Å². The molecule has 0 aliphatic heterocycles. The summed E-state index contributed by atoms with van der Waals surface area (Å²) in [7, 11) is 0. The molecule has 1 heterocycles. The fraction of sp³-hybridized carbons (Fsp3) is 0.167. The minimum Gasteiger partial charge on any atom is -0.207 e. The number of alkyl halides is 1. The van der Waals surface area contributed by atoms with Gasteiger partial charge in [0, 0.05) is 4.88 Å². The summed E-state index contributed by atoms with van der Waals surface area (Å²) in [5.74, 6) is -0.186. The second kappa shape index (κ2) is 4.86. The lowest BCUT2D eigenvalue weighted by molar-refractivity contribution is 0.616. The molecule has 1 aromatic carbocycles. The summed E-state index contributed by atoms with van der Waals surface area (Å²) in [6.07, 6.45) is 0. The zero-order valence-corrected chi connectivity index (χ0v) is 11.7. The Balaban J connectivity index is 2.38. The van der Waals surface area contributed by atoms with Gasteiger partial charge in [-0.3, -0.25) is 0 Å². The fourth-order valence-electron chi connectivity index (χ4n) is 1.40. The summed E-state index contributed by atoms with van der Waals surface area (Å²) in [4.78, 5) is 0.958. The Kier molecular flexibility index (Phi) is 3.67. The molecule has 0 fully saturated rings. The number of rotatable bonds is 2. The summed E-state index contributed by atoms with van der Waals surface area (Å²) in [6.45, 7) is 1.75. The minimum absolute atomic E-state index is 0.0462. The molecule has 0 nitrogen and oxygen atoms in total. The molecule has 0 saturated carbocycles. The van der Waals surface area contributed by atoms with Gasteiger partial charge in [-0.15, -0.1) is 11.3 Å². The zero-order chi connectivity index (χ0) is 11.7. The number of benzene rings is 1. The van der Waals surface area contributed by atoms with Gasteiger partial charge in [0.2, 0.25) is 0 Å². The first-order valence-electron chi connectivity index (χ1n) is 4.72. The highest BCUT2D eigenvalue weighted by Gasteiger charge is 2.16. The molecule has 0 bridgehead atoms. The van der Waals surface area contributed by atoms with Crippen LogP contribution in [0.1, 0.15) is 20.8 Å². The van der Waals surface area contributed by atoms with Crippen molar-refractivity contribution < 1.29 is 4.39 Å². The van der Waals surface area contributed by atoms with Crippen LogP contribution in [0.2, 0.25) is 5.02 Å².